The molecular weight excluding hydrogens is 348 g/mol. The normalized spacial score (nSPS) is 16.9. The summed E-state index contributed by atoms with van der Waals surface area (Å²) in [4.78, 5) is 23.8. The van der Waals surface area contributed by atoms with Crippen LogP contribution in [0.1, 0.15) is 12.8 Å². The van der Waals surface area contributed by atoms with E-state index in [1.807, 2.05) is 12.1 Å². The van der Waals surface area contributed by atoms with Crippen LogP contribution in [0.2, 0.25) is 0 Å². The van der Waals surface area contributed by atoms with Gasteiger partial charge in [-0.05, 0) is 37.1 Å². The van der Waals surface area contributed by atoms with Crippen molar-refractivity contribution < 1.29 is 9.66 Å². The van der Waals surface area contributed by atoms with Crippen molar-refractivity contribution in [2.45, 2.75) is 18.9 Å². The minimum absolute atomic E-state index is 0.0671. The Labute approximate surface area is 157 Å². The van der Waals surface area contributed by atoms with Gasteiger partial charge in [0, 0.05) is 37.9 Å². The van der Waals surface area contributed by atoms with E-state index in [9.17, 15) is 10.1 Å². The van der Waals surface area contributed by atoms with Crippen molar-refractivity contribution in [2.24, 2.45) is 0 Å². The van der Waals surface area contributed by atoms with E-state index < -0.39 is 4.92 Å². The number of nitro groups is 1. The molecule has 1 aliphatic heterocycles. The smallest absolute Gasteiger partial charge is 0.329 e. The van der Waals surface area contributed by atoms with Gasteiger partial charge in [-0.15, -0.1) is 0 Å². The summed E-state index contributed by atoms with van der Waals surface area (Å²) in [5.41, 5.74) is 1.08. The first-order chi connectivity index (χ1) is 13.1. The number of nitrogens with one attached hydrogen (secondary N) is 1. The molecular formula is C18H22N6O3. The van der Waals surface area contributed by atoms with Gasteiger partial charge in [0.25, 0.3) is 0 Å². The van der Waals surface area contributed by atoms with E-state index in [2.05, 4.69) is 37.2 Å². The highest BCUT2D eigenvalue weighted by Crippen LogP contribution is 2.30. The number of aromatic nitrogens is 2. The molecule has 2 aliphatic rings. The van der Waals surface area contributed by atoms with Crippen LogP contribution in [0, 0.1) is 10.1 Å². The summed E-state index contributed by atoms with van der Waals surface area (Å²) < 4.78 is 5.20. The molecule has 2 fully saturated rings. The van der Waals surface area contributed by atoms with Crippen LogP contribution in [0.4, 0.5) is 23.1 Å². The monoisotopic (exact) mass is 370 g/mol. The fourth-order valence-electron chi connectivity index (χ4n) is 3.14. The lowest BCUT2D eigenvalue weighted by molar-refractivity contribution is -0.384. The predicted octanol–water partition coefficient (Wildman–Crippen LogP) is 2.29. The second kappa shape index (κ2) is 7.26. The van der Waals surface area contributed by atoms with Crippen LogP contribution in [-0.2, 0) is 0 Å². The third-order valence-corrected chi connectivity index (χ3v) is 4.87. The van der Waals surface area contributed by atoms with Crippen molar-refractivity contribution in [3.8, 4) is 5.75 Å². The molecule has 4 rings (SSSR count). The zero-order valence-electron chi connectivity index (χ0n) is 15.2. The SMILES string of the molecule is COc1ccc(N2CCN(c3ncc([N+](=O)[O-])c(NC4CC4)n3)CC2)cc1. The van der Waals surface area contributed by atoms with Crippen molar-refractivity contribution in [1.82, 2.24) is 9.97 Å². The molecule has 1 N–H and O–H groups in total. The minimum Gasteiger partial charge on any atom is -0.497 e. The summed E-state index contributed by atoms with van der Waals surface area (Å²) in [6, 6.07) is 8.30. The first kappa shape index (κ1) is 17.3. The number of methoxy groups -OCH3 is 1. The molecule has 0 radical (unpaired) electrons. The standard InChI is InChI=1S/C18H22N6O3/c1-27-15-6-4-14(5-7-15)22-8-10-23(11-9-22)18-19-12-16(24(25)26)17(21-18)20-13-2-3-13/h4-7,12-13H,2-3,8-11H2,1H3,(H,19,20,21). The van der Waals surface area contributed by atoms with Crippen molar-refractivity contribution in [3.63, 3.8) is 0 Å². The molecule has 0 amide bonds. The molecule has 2 heterocycles. The Hall–Kier alpha value is -3.10. The Morgan fingerprint density at radius 3 is 2.41 bits per heavy atom. The number of hydrogen-bond acceptors (Lipinski definition) is 8. The van der Waals surface area contributed by atoms with Gasteiger partial charge in [-0.25, -0.2) is 4.98 Å². The summed E-state index contributed by atoms with van der Waals surface area (Å²) in [5, 5.41) is 14.4. The number of benzene rings is 1. The zero-order valence-corrected chi connectivity index (χ0v) is 15.2. The highest BCUT2D eigenvalue weighted by molar-refractivity contribution is 5.59. The van der Waals surface area contributed by atoms with E-state index in [0.717, 1.165) is 50.5 Å². The van der Waals surface area contributed by atoms with Crippen molar-refractivity contribution in [2.75, 3.05) is 48.4 Å². The molecule has 9 heteroatoms. The molecule has 27 heavy (non-hydrogen) atoms. The molecule has 0 atom stereocenters. The quantitative estimate of drug-likeness (QED) is 0.611. The second-order valence-electron chi connectivity index (χ2n) is 6.75. The molecule has 1 aromatic carbocycles. The van der Waals surface area contributed by atoms with Gasteiger partial charge in [0.05, 0.1) is 12.0 Å². The van der Waals surface area contributed by atoms with E-state index in [1.165, 1.54) is 6.20 Å². The van der Waals surface area contributed by atoms with Crippen LogP contribution in [-0.4, -0.2) is 54.2 Å². The van der Waals surface area contributed by atoms with Crippen LogP contribution < -0.4 is 19.9 Å². The largest absolute Gasteiger partial charge is 0.497 e. The highest BCUT2D eigenvalue weighted by atomic mass is 16.6. The second-order valence-corrected chi connectivity index (χ2v) is 6.75. The van der Waals surface area contributed by atoms with Crippen LogP contribution in [0.3, 0.4) is 0 Å². The van der Waals surface area contributed by atoms with Crippen molar-refractivity contribution in [1.29, 1.82) is 0 Å². The molecule has 0 unspecified atom stereocenters. The van der Waals surface area contributed by atoms with E-state index in [1.54, 1.807) is 7.11 Å². The van der Waals surface area contributed by atoms with E-state index >= 15 is 0 Å². The summed E-state index contributed by atoms with van der Waals surface area (Å²) in [6.07, 6.45) is 3.36. The summed E-state index contributed by atoms with van der Waals surface area (Å²) in [7, 11) is 1.66. The molecule has 9 nitrogen and oxygen atoms in total. The van der Waals surface area contributed by atoms with E-state index in [-0.39, 0.29) is 5.69 Å². The summed E-state index contributed by atoms with van der Waals surface area (Å²) in [5.74, 6) is 1.70. The minimum atomic E-state index is -0.434. The molecule has 2 aromatic rings. The molecule has 1 saturated carbocycles. The molecule has 1 saturated heterocycles. The molecule has 0 spiro atoms. The van der Waals surface area contributed by atoms with Gasteiger partial charge in [0.2, 0.25) is 11.8 Å². The first-order valence-electron chi connectivity index (χ1n) is 9.06. The van der Waals surface area contributed by atoms with Gasteiger partial charge in [0.1, 0.15) is 11.9 Å². The maximum Gasteiger partial charge on any atom is 0.329 e. The summed E-state index contributed by atoms with van der Waals surface area (Å²) in [6.45, 7) is 3.18. The number of ether oxygens (including phenoxy) is 1. The van der Waals surface area contributed by atoms with Crippen LogP contribution in [0.25, 0.3) is 0 Å². The number of rotatable bonds is 6. The van der Waals surface area contributed by atoms with Gasteiger partial charge in [-0.3, -0.25) is 10.1 Å². The Balaban J connectivity index is 1.44. The number of nitrogens with zero attached hydrogens (tertiary/aromatic N) is 5. The predicted molar refractivity (Wildman–Crippen MR) is 103 cm³/mol. The fourth-order valence-corrected chi connectivity index (χ4v) is 3.14. The first-order valence-corrected chi connectivity index (χ1v) is 9.06. The summed E-state index contributed by atoms with van der Waals surface area (Å²) >= 11 is 0. The number of piperazine rings is 1. The number of anilines is 3. The van der Waals surface area contributed by atoms with Crippen molar-refractivity contribution in [3.05, 3.63) is 40.6 Å². The third-order valence-electron chi connectivity index (χ3n) is 4.87. The van der Waals surface area contributed by atoms with Crippen molar-refractivity contribution >= 4 is 23.1 Å². The Morgan fingerprint density at radius 1 is 1.15 bits per heavy atom. The average Bonchev–Trinajstić information content (AvgIpc) is 3.52. The maximum atomic E-state index is 11.2. The van der Waals surface area contributed by atoms with Gasteiger partial charge in [-0.1, -0.05) is 0 Å². The van der Waals surface area contributed by atoms with Gasteiger partial charge in [0.15, 0.2) is 0 Å². The highest BCUT2D eigenvalue weighted by Gasteiger charge is 2.28. The molecule has 142 valence electrons. The van der Waals surface area contributed by atoms with Gasteiger partial charge in [-0.2, -0.15) is 4.98 Å². The van der Waals surface area contributed by atoms with Gasteiger partial charge >= 0.3 is 5.69 Å². The van der Waals surface area contributed by atoms with Crippen LogP contribution in [0.5, 0.6) is 5.75 Å². The third kappa shape index (κ3) is 3.86. The lowest BCUT2D eigenvalue weighted by atomic mass is 10.2. The van der Waals surface area contributed by atoms with E-state index in [0.29, 0.717) is 17.8 Å². The fraction of sp³-hybridized carbons (Fsp3) is 0.444. The molecule has 0 bridgehead atoms. The Morgan fingerprint density at radius 2 is 1.81 bits per heavy atom. The maximum absolute atomic E-state index is 11.2. The van der Waals surface area contributed by atoms with Crippen LogP contribution in [0.15, 0.2) is 30.5 Å². The van der Waals surface area contributed by atoms with Gasteiger partial charge < -0.3 is 19.9 Å². The zero-order chi connectivity index (χ0) is 18.8. The van der Waals surface area contributed by atoms with Crippen LogP contribution >= 0.6 is 0 Å². The lowest BCUT2D eigenvalue weighted by Gasteiger charge is -2.36. The molecule has 1 aromatic heterocycles. The Kier molecular flexibility index (Phi) is 4.66. The molecule has 1 aliphatic carbocycles. The number of hydrogen-bond donors (Lipinski definition) is 1. The Bertz CT molecular complexity index is 816. The van der Waals surface area contributed by atoms with E-state index in [4.69, 9.17) is 4.74 Å². The lowest BCUT2D eigenvalue weighted by Crippen LogP contribution is -2.47. The average molecular weight is 370 g/mol. The topological polar surface area (TPSA) is 96.7 Å².